The van der Waals surface area contributed by atoms with Crippen LogP contribution in [0.2, 0.25) is 0 Å². The van der Waals surface area contributed by atoms with Crippen LogP contribution in [0.1, 0.15) is 12.5 Å². The Balaban J connectivity index is 2.25. The molecule has 0 fully saturated rings. The van der Waals surface area contributed by atoms with E-state index in [-0.39, 0.29) is 12.4 Å². The molecule has 0 atom stereocenters. The predicted molar refractivity (Wildman–Crippen MR) is 54.3 cm³/mol. The van der Waals surface area contributed by atoms with E-state index in [4.69, 9.17) is 9.15 Å². The SMILES string of the molecule is CCOC(=O)Cc1coc2cccnc12. The minimum absolute atomic E-state index is 0.206. The summed E-state index contributed by atoms with van der Waals surface area (Å²) in [6.07, 6.45) is 3.43. The highest BCUT2D eigenvalue weighted by Crippen LogP contribution is 2.18. The van der Waals surface area contributed by atoms with E-state index in [1.165, 1.54) is 0 Å². The van der Waals surface area contributed by atoms with Gasteiger partial charge in [-0.25, -0.2) is 0 Å². The van der Waals surface area contributed by atoms with Crippen molar-refractivity contribution < 1.29 is 13.9 Å². The van der Waals surface area contributed by atoms with Gasteiger partial charge in [0.25, 0.3) is 0 Å². The number of fused-ring (bicyclic) bond motifs is 1. The lowest BCUT2D eigenvalue weighted by molar-refractivity contribution is -0.142. The monoisotopic (exact) mass is 205 g/mol. The number of furan rings is 1. The standard InChI is InChI=1S/C11H11NO3/c1-2-14-10(13)6-8-7-15-9-4-3-5-12-11(8)9/h3-5,7H,2,6H2,1H3. The van der Waals surface area contributed by atoms with Crippen LogP contribution in [-0.2, 0) is 16.0 Å². The molecule has 0 spiro atoms. The molecule has 78 valence electrons. The molecule has 0 aliphatic rings. The molecular weight excluding hydrogens is 194 g/mol. The largest absolute Gasteiger partial charge is 0.466 e. The molecule has 2 heterocycles. The summed E-state index contributed by atoms with van der Waals surface area (Å²) in [7, 11) is 0. The normalized spacial score (nSPS) is 10.5. The van der Waals surface area contributed by atoms with Gasteiger partial charge in [0.05, 0.1) is 19.3 Å². The van der Waals surface area contributed by atoms with Crippen LogP contribution in [-0.4, -0.2) is 17.6 Å². The molecule has 0 N–H and O–H groups in total. The molecule has 0 aliphatic carbocycles. The Labute approximate surface area is 86.9 Å². The van der Waals surface area contributed by atoms with Gasteiger partial charge in [-0.15, -0.1) is 0 Å². The van der Waals surface area contributed by atoms with Gasteiger partial charge in [0, 0.05) is 11.8 Å². The van der Waals surface area contributed by atoms with Crippen LogP contribution in [0.5, 0.6) is 0 Å². The fraction of sp³-hybridized carbons (Fsp3) is 0.273. The second-order valence-electron chi connectivity index (χ2n) is 3.09. The Morgan fingerprint density at radius 1 is 1.60 bits per heavy atom. The van der Waals surface area contributed by atoms with Gasteiger partial charge in [-0.05, 0) is 19.1 Å². The van der Waals surface area contributed by atoms with Crippen LogP contribution in [0.15, 0.2) is 29.0 Å². The minimum atomic E-state index is -0.258. The second kappa shape index (κ2) is 4.13. The average molecular weight is 205 g/mol. The molecule has 0 bridgehead atoms. The van der Waals surface area contributed by atoms with Crippen molar-refractivity contribution in [2.45, 2.75) is 13.3 Å². The van der Waals surface area contributed by atoms with Crippen molar-refractivity contribution in [3.05, 3.63) is 30.2 Å². The first kappa shape index (κ1) is 9.71. The van der Waals surface area contributed by atoms with Crippen LogP contribution in [0, 0.1) is 0 Å². The Hall–Kier alpha value is -1.84. The van der Waals surface area contributed by atoms with Crippen molar-refractivity contribution in [3.8, 4) is 0 Å². The second-order valence-corrected chi connectivity index (χ2v) is 3.09. The topological polar surface area (TPSA) is 52.3 Å². The molecular formula is C11H11NO3. The lowest BCUT2D eigenvalue weighted by atomic mass is 10.2. The summed E-state index contributed by atoms with van der Waals surface area (Å²) in [5, 5.41) is 0. The molecule has 0 amide bonds. The van der Waals surface area contributed by atoms with E-state index in [1.807, 2.05) is 6.07 Å². The first-order chi connectivity index (χ1) is 7.31. The third-order valence-electron chi connectivity index (χ3n) is 2.04. The van der Waals surface area contributed by atoms with Crippen molar-refractivity contribution in [1.29, 1.82) is 0 Å². The molecule has 0 aliphatic heterocycles. The third kappa shape index (κ3) is 1.98. The molecule has 2 rings (SSSR count). The average Bonchev–Trinajstić information content (AvgIpc) is 2.62. The van der Waals surface area contributed by atoms with Gasteiger partial charge >= 0.3 is 5.97 Å². The summed E-state index contributed by atoms with van der Waals surface area (Å²) in [6, 6.07) is 3.61. The summed E-state index contributed by atoms with van der Waals surface area (Å²) in [6.45, 7) is 2.17. The number of nitrogens with zero attached hydrogens (tertiary/aromatic N) is 1. The number of carbonyl (C=O) groups excluding carboxylic acids is 1. The summed E-state index contributed by atoms with van der Waals surface area (Å²) in [5.41, 5.74) is 2.19. The molecule has 0 radical (unpaired) electrons. The van der Waals surface area contributed by atoms with E-state index in [0.717, 1.165) is 11.1 Å². The molecule has 0 saturated carbocycles. The smallest absolute Gasteiger partial charge is 0.310 e. The summed E-state index contributed by atoms with van der Waals surface area (Å²) >= 11 is 0. The van der Waals surface area contributed by atoms with E-state index < -0.39 is 0 Å². The number of pyridine rings is 1. The Bertz CT molecular complexity index is 475. The summed E-state index contributed by atoms with van der Waals surface area (Å²) in [4.78, 5) is 15.4. The fourth-order valence-electron chi connectivity index (χ4n) is 1.41. The molecule has 4 nitrogen and oxygen atoms in total. The van der Waals surface area contributed by atoms with Crippen LogP contribution >= 0.6 is 0 Å². The number of aromatic nitrogens is 1. The highest BCUT2D eigenvalue weighted by atomic mass is 16.5. The molecule has 0 aromatic carbocycles. The van der Waals surface area contributed by atoms with Crippen LogP contribution < -0.4 is 0 Å². The van der Waals surface area contributed by atoms with Gasteiger partial charge < -0.3 is 9.15 Å². The third-order valence-corrected chi connectivity index (χ3v) is 2.04. The van der Waals surface area contributed by atoms with Crippen LogP contribution in [0.4, 0.5) is 0 Å². The van der Waals surface area contributed by atoms with Crippen LogP contribution in [0.25, 0.3) is 11.1 Å². The summed E-state index contributed by atoms with van der Waals surface area (Å²) < 4.78 is 10.1. The van der Waals surface area contributed by atoms with Gasteiger partial charge in [-0.2, -0.15) is 0 Å². The van der Waals surface area contributed by atoms with Crippen molar-refractivity contribution in [3.63, 3.8) is 0 Å². The molecule has 2 aromatic rings. The van der Waals surface area contributed by atoms with Crippen molar-refractivity contribution >= 4 is 17.1 Å². The molecule has 4 heteroatoms. The quantitative estimate of drug-likeness (QED) is 0.718. The zero-order chi connectivity index (χ0) is 10.7. The number of hydrogen-bond acceptors (Lipinski definition) is 4. The lowest BCUT2D eigenvalue weighted by Crippen LogP contribution is -2.07. The maximum atomic E-state index is 11.3. The minimum Gasteiger partial charge on any atom is -0.466 e. The first-order valence-corrected chi connectivity index (χ1v) is 4.78. The van der Waals surface area contributed by atoms with Crippen LogP contribution in [0.3, 0.4) is 0 Å². The number of carbonyl (C=O) groups is 1. The van der Waals surface area contributed by atoms with Crippen molar-refractivity contribution in [2.24, 2.45) is 0 Å². The fourth-order valence-corrected chi connectivity index (χ4v) is 1.41. The van der Waals surface area contributed by atoms with Gasteiger partial charge in [-0.1, -0.05) is 0 Å². The van der Waals surface area contributed by atoms with Gasteiger partial charge in [0.15, 0.2) is 5.58 Å². The molecule has 2 aromatic heterocycles. The van der Waals surface area contributed by atoms with E-state index in [1.54, 1.807) is 25.5 Å². The van der Waals surface area contributed by atoms with E-state index in [2.05, 4.69) is 4.98 Å². The van der Waals surface area contributed by atoms with Crippen molar-refractivity contribution in [2.75, 3.05) is 6.61 Å². The summed E-state index contributed by atoms with van der Waals surface area (Å²) in [5.74, 6) is -0.258. The van der Waals surface area contributed by atoms with E-state index in [0.29, 0.717) is 12.2 Å². The highest BCUT2D eigenvalue weighted by Gasteiger charge is 2.11. The number of rotatable bonds is 3. The Kier molecular flexibility index (Phi) is 2.67. The number of ether oxygens (including phenoxy) is 1. The van der Waals surface area contributed by atoms with Gasteiger partial charge in [0.2, 0.25) is 0 Å². The number of hydrogen-bond donors (Lipinski definition) is 0. The molecule has 15 heavy (non-hydrogen) atoms. The number of esters is 1. The molecule has 0 saturated heterocycles. The van der Waals surface area contributed by atoms with Crippen molar-refractivity contribution in [1.82, 2.24) is 4.98 Å². The maximum absolute atomic E-state index is 11.3. The highest BCUT2D eigenvalue weighted by molar-refractivity contribution is 5.82. The Morgan fingerprint density at radius 3 is 3.27 bits per heavy atom. The molecule has 0 unspecified atom stereocenters. The van der Waals surface area contributed by atoms with E-state index >= 15 is 0 Å². The zero-order valence-electron chi connectivity index (χ0n) is 8.40. The van der Waals surface area contributed by atoms with Gasteiger partial charge in [-0.3, -0.25) is 9.78 Å². The van der Waals surface area contributed by atoms with Gasteiger partial charge in [0.1, 0.15) is 5.52 Å². The predicted octanol–water partition coefficient (Wildman–Crippen LogP) is 1.93. The maximum Gasteiger partial charge on any atom is 0.310 e. The Morgan fingerprint density at radius 2 is 2.47 bits per heavy atom. The lowest BCUT2D eigenvalue weighted by Gasteiger charge is -1.98. The first-order valence-electron chi connectivity index (χ1n) is 4.78. The van der Waals surface area contributed by atoms with E-state index in [9.17, 15) is 4.79 Å². The zero-order valence-corrected chi connectivity index (χ0v) is 8.40.